The van der Waals surface area contributed by atoms with Crippen molar-refractivity contribution in [2.45, 2.75) is 6.92 Å². The lowest BCUT2D eigenvalue weighted by Crippen LogP contribution is -2.49. The standard InChI is InChI=1S/C23H27N3O3/c1-17-4-3-5-21-20(17)16-22(24-21)23(27)26-12-10-25(11-13-26)14-15-29-19-8-6-18(28-2)7-9-19/h3-9,16,24H,10-15H2,1-2H3. The second-order valence-electron chi connectivity index (χ2n) is 7.38. The number of ether oxygens (including phenoxy) is 2. The molecule has 1 aromatic heterocycles. The van der Waals surface area contributed by atoms with E-state index in [0.29, 0.717) is 12.3 Å². The first-order valence-electron chi connectivity index (χ1n) is 10.0. The zero-order valence-corrected chi connectivity index (χ0v) is 17.0. The van der Waals surface area contributed by atoms with Crippen molar-refractivity contribution in [3.05, 3.63) is 59.8 Å². The van der Waals surface area contributed by atoms with E-state index in [1.54, 1.807) is 7.11 Å². The molecular formula is C23H27N3O3. The summed E-state index contributed by atoms with van der Waals surface area (Å²) in [6.07, 6.45) is 0. The number of nitrogens with zero attached hydrogens (tertiary/aromatic N) is 2. The predicted molar refractivity (Wildman–Crippen MR) is 114 cm³/mol. The van der Waals surface area contributed by atoms with E-state index in [9.17, 15) is 4.79 Å². The van der Waals surface area contributed by atoms with E-state index in [0.717, 1.165) is 55.1 Å². The van der Waals surface area contributed by atoms with Crippen molar-refractivity contribution >= 4 is 16.8 Å². The Kier molecular flexibility index (Phi) is 5.71. The number of aromatic amines is 1. The summed E-state index contributed by atoms with van der Waals surface area (Å²) >= 11 is 0. The number of benzene rings is 2. The average molecular weight is 393 g/mol. The summed E-state index contributed by atoms with van der Waals surface area (Å²) in [5.74, 6) is 1.74. The van der Waals surface area contributed by atoms with Crippen molar-refractivity contribution in [3.8, 4) is 11.5 Å². The molecule has 4 rings (SSSR count). The monoisotopic (exact) mass is 393 g/mol. The van der Waals surface area contributed by atoms with Gasteiger partial charge in [-0.25, -0.2) is 0 Å². The first-order chi connectivity index (χ1) is 14.1. The third kappa shape index (κ3) is 4.38. The van der Waals surface area contributed by atoms with Crippen LogP contribution in [0, 0.1) is 6.92 Å². The lowest BCUT2D eigenvalue weighted by atomic mass is 10.1. The number of nitrogens with one attached hydrogen (secondary N) is 1. The summed E-state index contributed by atoms with van der Waals surface area (Å²) in [5, 5.41) is 1.12. The quantitative estimate of drug-likeness (QED) is 0.698. The van der Waals surface area contributed by atoms with Crippen LogP contribution < -0.4 is 9.47 Å². The van der Waals surface area contributed by atoms with Crippen LogP contribution in [0.2, 0.25) is 0 Å². The molecule has 1 amide bonds. The number of hydrogen-bond donors (Lipinski definition) is 1. The van der Waals surface area contributed by atoms with Gasteiger partial charge >= 0.3 is 0 Å². The predicted octanol–water partition coefficient (Wildman–Crippen LogP) is 3.32. The van der Waals surface area contributed by atoms with Crippen LogP contribution in [0.4, 0.5) is 0 Å². The number of rotatable bonds is 6. The van der Waals surface area contributed by atoms with Gasteiger partial charge in [0.15, 0.2) is 0 Å². The Bertz CT molecular complexity index is 973. The zero-order chi connectivity index (χ0) is 20.2. The molecular weight excluding hydrogens is 366 g/mol. The number of H-pyrrole nitrogens is 1. The second-order valence-corrected chi connectivity index (χ2v) is 7.38. The van der Waals surface area contributed by atoms with Crippen LogP contribution in [0.3, 0.4) is 0 Å². The van der Waals surface area contributed by atoms with E-state index in [1.807, 2.05) is 47.4 Å². The molecule has 0 aliphatic carbocycles. The Hall–Kier alpha value is -2.99. The van der Waals surface area contributed by atoms with Crippen molar-refractivity contribution in [1.29, 1.82) is 0 Å². The van der Waals surface area contributed by atoms with Gasteiger partial charge in [0, 0.05) is 43.6 Å². The van der Waals surface area contributed by atoms with Crippen LogP contribution in [-0.2, 0) is 0 Å². The van der Waals surface area contributed by atoms with Gasteiger partial charge in [0.2, 0.25) is 0 Å². The van der Waals surface area contributed by atoms with Crippen LogP contribution in [0.25, 0.3) is 10.9 Å². The summed E-state index contributed by atoms with van der Waals surface area (Å²) in [4.78, 5) is 20.4. The minimum Gasteiger partial charge on any atom is -0.497 e. The topological polar surface area (TPSA) is 57.8 Å². The summed E-state index contributed by atoms with van der Waals surface area (Å²) in [7, 11) is 1.65. The van der Waals surface area contributed by atoms with Gasteiger partial charge in [-0.05, 0) is 48.9 Å². The average Bonchev–Trinajstić information content (AvgIpc) is 3.20. The van der Waals surface area contributed by atoms with E-state index >= 15 is 0 Å². The molecule has 0 radical (unpaired) electrons. The van der Waals surface area contributed by atoms with E-state index in [-0.39, 0.29) is 5.91 Å². The SMILES string of the molecule is COc1ccc(OCCN2CCN(C(=O)c3cc4c(C)cccc4[nH]3)CC2)cc1. The molecule has 0 spiro atoms. The van der Waals surface area contributed by atoms with Crippen molar-refractivity contribution in [3.63, 3.8) is 0 Å². The molecule has 1 aliphatic rings. The van der Waals surface area contributed by atoms with Crippen LogP contribution >= 0.6 is 0 Å². The number of aromatic nitrogens is 1. The molecule has 6 nitrogen and oxygen atoms in total. The Morgan fingerprint density at radius 1 is 1.03 bits per heavy atom. The van der Waals surface area contributed by atoms with Crippen molar-refractivity contribution < 1.29 is 14.3 Å². The first-order valence-corrected chi connectivity index (χ1v) is 10.0. The lowest BCUT2D eigenvalue weighted by molar-refractivity contribution is 0.0615. The maximum absolute atomic E-state index is 12.9. The molecule has 152 valence electrons. The third-order valence-corrected chi connectivity index (χ3v) is 5.51. The fraction of sp³-hybridized carbons (Fsp3) is 0.348. The molecule has 2 aromatic carbocycles. The molecule has 1 fully saturated rings. The Morgan fingerprint density at radius 2 is 1.76 bits per heavy atom. The normalized spacial score (nSPS) is 14.9. The van der Waals surface area contributed by atoms with Crippen molar-refractivity contribution in [2.75, 3.05) is 46.4 Å². The highest BCUT2D eigenvalue weighted by atomic mass is 16.5. The smallest absolute Gasteiger partial charge is 0.270 e. The fourth-order valence-electron chi connectivity index (χ4n) is 3.73. The Balaban J connectivity index is 1.26. The van der Waals surface area contributed by atoms with Gasteiger partial charge in [-0.15, -0.1) is 0 Å². The van der Waals surface area contributed by atoms with Crippen LogP contribution in [0.5, 0.6) is 11.5 Å². The number of carbonyl (C=O) groups excluding carboxylic acids is 1. The maximum atomic E-state index is 12.9. The lowest BCUT2D eigenvalue weighted by Gasteiger charge is -2.34. The van der Waals surface area contributed by atoms with Crippen molar-refractivity contribution in [2.24, 2.45) is 0 Å². The van der Waals surface area contributed by atoms with Crippen molar-refractivity contribution in [1.82, 2.24) is 14.8 Å². The van der Waals surface area contributed by atoms with Crippen LogP contribution in [0.15, 0.2) is 48.5 Å². The largest absolute Gasteiger partial charge is 0.497 e. The highest BCUT2D eigenvalue weighted by Crippen LogP contribution is 2.21. The molecule has 1 N–H and O–H groups in total. The Morgan fingerprint density at radius 3 is 2.45 bits per heavy atom. The highest BCUT2D eigenvalue weighted by molar-refractivity contribution is 5.98. The zero-order valence-electron chi connectivity index (χ0n) is 17.0. The summed E-state index contributed by atoms with van der Waals surface area (Å²) in [6, 6.07) is 15.7. The van der Waals surface area contributed by atoms with E-state index < -0.39 is 0 Å². The number of methoxy groups -OCH3 is 1. The third-order valence-electron chi connectivity index (χ3n) is 5.51. The van der Waals surface area contributed by atoms with Gasteiger partial charge in [-0.2, -0.15) is 0 Å². The van der Waals surface area contributed by atoms with E-state index in [4.69, 9.17) is 9.47 Å². The number of piperazine rings is 1. The number of amides is 1. The van der Waals surface area contributed by atoms with Crippen LogP contribution in [0.1, 0.15) is 16.1 Å². The molecule has 6 heteroatoms. The first kappa shape index (κ1) is 19.3. The summed E-state index contributed by atoms with van der Waals surface area (Å²) in [6.45, 7) is 6.72. The number of fused-ring (bicyclic) bond motifs is 1. The fourth-order valence-corrected chi connectivity index (χ4v) is 3.73. The molecule has 1 saturated heterocycles. The molecule has 29 heavy (non-hydrogen) atoms. The van der Waals surface area contributed by atoms with Gasteiger partial charge in [-0.1, -0.05) is 12.1 Å². The molecule has 0 atom stereocenters. The molecule has 0 unspecified atom stereocenters. The molecule has 1 aliphatic heterocycles. The Labute approximate surface area is 171 Å². The maximum Gasteiger partial charge on any atom is 0.270 e. The number of aryl methyl sites for hydroxylation is 1. The summed E-state index contributed by atoms with van der Waals surface area (Å²) < 4.78 is 11.0. The van der Waals surface area contributed by atoms with Gasteiger partial charge in [-0.3, -0.25) is 9.69 Å². The van der Waals surface area contributed by atoms with Gasteiger partial charge in [0.05, 0.1) is 7.11 Å². The van der Waals surface area contributed by atoms with Gasteiger partial charge in [0.25, 0.3) is 5.91 Å². The van der Waals surface area contributed by atoms with E-state index in [1.165, 1.54) is 5.56 Å². The van der Waals surface area contributed by atoms with Gasteiger partial charge < -0.3 is 19.4 Å². The van der Waals surface area contributed by atoms with Crippen LogP contribution in [-0.4, -0.2) is 67.1 Å². The minimum atomic E-state index is 0.0785. The minimum absolute atomic E-state index is 0.0785. The molecule has 0 bridgehead atoms. The highest BCUT2D eigenvalue weighted by Gasteiger charge is 2.23. The van der Waals surface area contributed by atoms with E-state index in [2.05, 4.69) is 22.9 Å². The number of hydrogen-bond acceptors (Lipinski definition) is 4. The van der Waals surface area contributed by atoms with Gasteiger partial charge in [0.1, 0.15) is 23.8 Å². The summed E-state index contributed by atoms with van der Waals surface area (Å²) in [5.41, 5.74) is 2.87. The molecule has 3 aromatic rings. The molecule has 0 saturated carbocycles. The second kappa shape index (κ2) is 8.57. The number of carbonyl (C=O) groups is 1. The molecule has 2 heterocycles.